The van der Waals surface area contributed by atoms with Gasteiger partial charge in [-0.25, -0.2) is 12.8 Å². The fraction of sp³-hybridized carbons (Fsp3) is 0.0714. The summed E-state index contributed by atoms with van der Waals surface area (Å²) >= 11 is 5.59. The van der Waals surface area contributed by atoms with Crippen molar-refractivity contribution in [3.63, 3.8) is 0 Å². The summed E-state index contributed by atoms with van der Waals surface area (Å²) in [6, 6.07) is 9.30. The Hall–Kier alpha value is -2.12. The van der Waals surface area contributed by atoms with Crippen LogP contribution in [0.15, 0.2) is 47.4 Å². The summed E-state index contributed by atoms with van der Waals surface area (Å²) < 4.78 is 39.9. The number of nitrogens with one attached hydrogen (secondary N) is 2. The van der Waals surface area contributed by atoms with Gasteiger partial charge in [0.2, 0.25) is 5.91 Å². The van der Waals surface area contributed by atoms with Crippen molar-refractivity contribution in [2.75, 3.05) is 10.0 Å². The topological polar surface area (TPSA) is 75.3 Å². The van der Waals surface area contributed by atoms with Crippen LogP contribution in [0.4, 0.5) is 15.8 Å². The van der Waals surface area contributed by atoms with Crippen molar-refractivity contribution >= 4 is 38.9 Å². The largest absolute Gasteiger partial charge is 0.326 e. The van der Waals surface area contributed by atoms with Crippen LogP contribution in [-0.4, -0.2) is 14.3 Å². The number of rotatable bonds is 4. The number of carbonyl (C=O) groups excluding carboxylic acids is 1. The number of anilines is 2. The molecular formula is C14H12ClFN2O3S. The van der Waals surface area contributed by atoms with Crippen molar-refractivity contribution in [2.24, 2.45) is 0 Å². The number of benzene rings is 2. The molecule has 8 heteroatoms. The predicted octanol–water partition coefficient (Wildman–Crippen LogP) is 3.24. The Morgan fingerprint density at radius 3 is 2.45 bits per heavy atom. The first-order chi connectivity index (χ1) is 10.3. The van der Waals surface area contributed by atoms with E-state index in [0.29, 0.717) is 5.69 Å². The predicted molar refractivity (Wildman–Crippen MR) is 83.0 cm³/mol. The van der Waals surface area contributed by atoms with Crippen LogP contribution in [0, 0.1) is 5.82 Å². The maximum absolute atomic E-state index is 13.1. The molecule has 116 valence electrons. The third-order valence-corrected chi connectivity index (χ3v) is 4.31. The number of halogens is 2. The molecule has 0 heterocycles. The summed E-state index contributed by atoms with van der Waals surface area (Å²) in [4.78, 5) is 10.8. The third-order valence-electron chi connectivity index (χ3n) is 2.64. The van der Waals surface area contributed by atoms with Crippen molar-refractivity contribution in [1.29, 1.82) is 0 Å². The Morgan fingerprint density at radius 2 is 1.82 bits per heavy atom. The normalized spacial score (nSPS) is 11.0. The zero-order chi connectivity index (χ0) is 16.3. The first kappa shape index (κ1) is 16.3. The van der Waals surface area contributed by atoms with Gasteiger partial charge in [-0.3, -0.25) is 9.52 Å². The minimum absolute atomic E-state index is 0.163. The van der Waals surface area contributed by atoms with Gasteiger partial charge in [0.1, 0.15) is 5.82 Å². The molecule has 0 saturated carbocycles. The van der Waals surface area contributed by atoms with Crippen molar-refractivity contribution in [2.45, 2.75) is 11.8 Å². The van der Waals surface area contributed by atoms with Crippen molar-refractivity contribution < 1.29 is 17.6 Å². The number of amides is 1. The zero-order valence-corrected chi connectivity index (χ0v) is 13.0. The standard InChI is InChI=1S/C14H12ClFN2O3S/c1-9(19)17-10-3-2-4-11(7-10)18-22(20,21)12-5-6-14(16)13(15)8-12/h2-8,18H,1H3,(H,17,19). The monoisotopic (exact) mass is 342 g/mol. The molecule has 0 aliphatic carbocycles. The molecule has 0 saturated heterocycles. The van der Waals surface area contributed by atoms with E-state index in [1.165, 1.54) is 19.1 Å². The van der Waals surface area contributed by atoms with Gasteiger partial charge in [0.05, 0.1) is 15.6 Å². The summed E-state index contributed by atoms with van der Waals surface area (Å²) in [6.07, 6.45) is 0. The maximum atomic E-state index is 13.1. The second-order valence-corrected chi connectivity index (χ2v) is 6.53. The molecule has 0 bridgehead atoms. The number of sulfonamides is 1. The molecule has 0 spiro atoms. The number of carbonyl (C=O) groups is 1. The second kappa shape index (κ2) is 6.33. The Bertz CT molecular complexity index is 825. The lowest BCUT2D eigenvalue weighted by molar-refractivity contribution is -0.114. The summed E-state index contributed by atoms with van der Waals surface area (Å²) in [5.74, 6) is -0.974. The molecule has 0 radical (unpaired) electrons. The summed E-state index contributed by atoms with van der Waals surface area (Å²) in [5, 5.41) is 2.26. The molecule has 2 N–H and O–H groups in total. The Morgan fingerprint density at radius 1 is 1.14 bits per heavy atom. The lowest BCUT2D eigenvalue weighted by Crippen LogP contribution is -2.13. The highest BCUT2D eigenvalue weighted by atomic mass is 35.5. The van der Waals surface area contributed by atoms with Crippen LogP contribution in [0.3, 0.4) is 0 Å². The first-order valence-corrected chi connectivity index (χ1v) is 7.99. The highest BCUT2D eigenvalue weighted by molar-refractivity contribution is 7.92. The quantitative estimate of drug-likeness (QED) is 0.895. The van der Waals surface area contributed by atoms with Crippen molar-refractivity contribution in [3.05, 3.63) is 53.3 Å². The second-order valence-electron chi connectivity index (χ2n) is 4.44. The molecule has 0 unspecified atom stereocenters. The van der Waals surface area contributed by atoms with Crippen molar-refractivity contribution in [3.8, 4) is 0 Å². The van der Waals surface area contributed by atoms with E-state index in [2.05, 4.69) is 10.0 Å². The summed E-state index contributed by atoms with van der Waals surface area (Å²) in [5.41, 5.74) is 0.705. The average molecular weight is 343 g/mol. The van der Waals surface area contributed by atoms with Gasteiger partial charge in [-0.1, -0.05) is 17.7 Å². The molecule has 0 fully saturated rings. The van der Waals surface area contributed by atoms with Crippen LogP contribution in [0.5, 0.6) is 0 Å². The lowest BCUT2D eigenvalue weighted by Gasteiger charge is -2.10. The summed E-state index contributed by atoms with van der Waals surface area (Å²) in [7, 11) is -3.91. The van der Waals surface area contributed by atoms with E-state index in [-0.39, 0.29) is 21.5 Å². The Balaban J connectivity index is 2.28. The van der Waals surface area contributed by atoms with E-state index in [1.54, 1.807) is 12.1 Å². The highest BCUT2D eigenvalue weighted by Gasteiger charge is 2.16. The molecule has 2 aromatic carbocycles. The molecule has 1 amide bonds. The van der Waals surface area contributed by atoms with Crippen LogP contribution in [-0.2, 0) is 14.8 Å². The average Bonchev–Trinajstić information content (AvgIpc) is 2.40. The zero-order valence-electron chi connectivity index (χ0n) is 11.4. The van der Waals surface area contributed by atoms with Crippen LogP contribution in [0.25, 0.3) is 0 Å². The van der Waals surface area contributed by atoms with Gasteiger partial charge in [0.25, 0.3) is 10.0 Å². The van der Waals surface area contributed by atoms with Gasteiger partial charge in [0, 0.05) is 12.6 Å². The molecule has 0 aliphatic heterocycles. The van der Waals surface area contributed by atoms with Gasteiger partial charge in [-0.15, -0.1) is 0 Å². The summed E-state index contributed by atoms with van der Waals surface area (Å²) in [6.45, 7) is 1.34. The van der Waals surface area contributed by atoms with Gasteiger partial charge in [-0.05, 0) is 36.4 Å². The van der Waals surface area contributed by atoms with E-state index in [0.717, 1.165) is 18.2 Å². The van der Waals surface area contributed by atoms with Gasteiger partial charge in [-0.2, -0.15) is 0 Å². The van der Waals surface area contributed by atoms with Crippen LogP contribution < -0.4 is 10.0 Å². The SMILES string of the molecule is CC(=O)Nc1cccc(NS(=O)(=O)c2ccc(F)c(Cl)c2)c1. The highest BCUT2D eigenvalue weighted by Crippen LogP contribution is 2.23. The Labute approximate surface area is 132 Å². The molecule has 0 aliphatic rings. The molecule has 0 aromatic heterocycles. The molecular weight excluding hydrogens is 331 g/mol. The minimum atomic E-state index is -3.91. The molecule has 2 aromatic rings. The van der Waals surface area contributed by atoms with Crippen LogP contribution in [0.2, 0.25) is 5.02 Å². The van der Waals surface area contributed by atoms with E-state index in [9.17, 15) is 17.6 Å². The molecule has 0 atom stereocenters. The van der Waals surface area contributed by atoms with E-state index in [1.807, 2.05) is 0 Å². The number of hydrogen-bond acceptors (Lipinski definition) is 3. The van der Waals surface area contributed by atoms with Crippen LogP contribution in [0.1, 0.15) is 6.92 Å². The van der Waals surface area contributed by atoms with E-state index >= 15 is 0 Å². The third kappa shape index (κ3) is 3.96. The van der Waals surface area contributed by atoms with Crippen LogP contribution >= 0.6 is 11.6 Å². The first-order valence-electron chi connectivity index (χ1n) is 6.13. The van der Waals surface area contributed by atoms with Crippen molar-refractivity contribution in [1.82, 2.24) is 0 Å². The smallest absolute Gasteiger partial charge is 0.261 e. The van der Waals surface area contributed by atoms with E-state index < -0.39 is 15.8 Å². The minimum Gasteiger partial charge on any atom is -0.326 e. The van der Waals surface area contributed by atoms with Gasteiger partial charge >= 0.3 is 0 Å². The van der Waals surface area contributed by atoms with Gasteiger partial charge < -0.3 is 5.32 Å². The number of hydrogen-bond donors (Lipinski definition) is 2. The Kier molecular flexibility index (Phi) is 4.68. The molecule has 2 rings (SSSR count). The van der Waals surface area contributed by atoms with Gasteiger partial charge in [0.15, 0.2) is 0 Å². The maximum Gasteiger partial charge on any atom is 0.261 e. The molecule has 22 heavy (non-hydrogen) atoms. The van der Waals surface area contributed by atoms with E-state index in [4.69, 9.17) is 11.6 Å². The lowest BCUT2D eigenvalue weighted by atomic mass is 10.3. The molecule has 5 nitrogen and oxygen atoms in total. The fourth-order valence-corrected chi connectivity index (χ4v) is 3.04. The fourth-order valence-electron chi connectivity index (χ4n) is 1.72.